The molecule has 0 saturated heterocycles. The molecule has 2 aromatic carbocycles. The van der Waals surface area contributed by atoms with Gasteiger partial charge >= 0.3 is 0 Å². The zero-order valence-electron chi connectivity index (χ0n) is 10.2. The fraction of sp³-hybridized carbons (Fsp3) is 0.0714. The topological polar surface area (TPSA) is 34.1 Å². The molecule has 0 spiro atoms. The minimum Gasteiger partial charge on any atom is -0.494 e. The van der Waals surface area contributed by atoms with Gasteiger partial charge in [0.25, 0.3) is 0 Å². The van der Waals surface area contributed by atoms with E-state index < -0.39 is 0 Å². The van der Waals surface area contributed by atoms with Gasteiger partial charge in [-0.1, -0.05) is 17.4 Å². The van der Waals surface area contributed by atoms with Crippen LogP contribution in [0.4, 0.5) is 15.2 Å². The van der Waals surface area contributed by atoms with E-state index in [9.17, 15) is 4.39 Å². The Morgan fingerprint density at radius 3 is 2.68 bits per heavy atom. The number of hydrogen-bond donors (Lipinski definition) is 1. The van der Waals surface area contributed by atoms with Crippen molar-refractivity contribution >= 4 is 32.4 Å². The summed E-state index contributed by atoms with van der Waals surface area (Å²) in [6, 6.07) is 12.0. The Morgan fingerprint density at radius 2 is 1.95 bits per heavy atom. The number of ether oxygens (including phenoxy) is 1. The van der Waals surface area contributed by atoms with Crippen molar-refractivity contribution in [2.24, 2.45) is 0 Å². The van der Waals surface area contributed by atoms with Gasteiger partial charge in [0.1, 0.15) is 17.1 Å². The predicted molar refractivity (Wildman–Crippen MR) is 75.9 cm³/mol. The number of para-hydroxylation sites is 1. The molecule has 5 heteroatoms. The molecule has 1 heterocycles. The van der Waals surface area contributed by atoms with Crippen molar-refractivity contribution in [2.75, 3.05) is 12.4 Å². The predicted octanol–water partition coefficient (Wildman–Crippen LogP) is 4.19. The molecule has 1 N–H and O–H groups in total. The minimum absolute atomic E-state index is 0.253. The summed E-state index contributed by atoms with van der Waals surface area (Å²) < 4.78 is 19.2. The average Bonchev–Trinajstić information content (AvgIpc) is 2.83. The van der Waals surface area contributed by atoms with Crippen molar-refractivity contribution in [1.82, 2.24) is 4.98 Å². The number of anilines is 2. The van der Waals surface area contributed by atoms with Crippen molar-refractivity contribution in [1.29, 1.82) is 0 Å². The van der Waals surface area contributed by atoms with Gasteiger partial charge in [0, 0.05) is 5.69 Å². The third-order valence-electron chi connectivity index (χ3n) is 2.70. The molecular formula is C14H11FN2OS. The summed E-state index contributed by atoms with van der Waals surface area (Å²) in [5, 5.41) is 3.91. The summed E-state index contributed by atoms with van der Waals surface area (Å²) >= 11 is 1.53. The summed E-state index contributed by atoms with van der Waals surface area (Å²) in [5.41, 5.74) is 1.64. The molecule has 0 aliphatic carbocycles. The largest absolute Gasteiger partial charge is 0.494 e. The first-order chi connectivity index (χ1) is 9.26. The van der Waals surface area contributed by atoms with E-state index in [-0.39, 0.29) is 5.82 Å². The molecule has 0 saturated carbocycles. The van der Waals surface area contributed by atoms with E-state index in [1.807, 2.05) is 18.2 Å². The SMILES string of the molecule is COc1cccc2sc(Nc3ccc(F)cc3)nc12. The lowest BCUT2D eigenvalue weighted by atomic mass is 10.3. The Labute approximate surface area is 113 Å². The van der Waals surface area contributed by atoms with Crippen LogP contribution in [0.15, 0.2) is 42.5 Å². The summed E-state index contributed by atoms with van der Waals surface area (Å²) in [4.78, 5) is 4.49. The molecule has 3 rings (SSSR count). The summed E-state index contributed by atoms with van der Waals surface area (Å²) in [7, 11) is 1.63. The highest BCUT2D eigenvalue weighted by atomic mass is 32.1. The standard InChI is InChI=1S/C14H11FN2OS/c1-18-11-3-2-4-12-13(11)17-14(19-12)16-10-7-5-9(15)6-8-10/h2-8H,1H3,(H,16,17). The van der Waals surface area contributed by atoms with Crippen LogP contribution in [0, 0.1) is 5.82 Å². The fourth-order valence-corrected chi connectivity index (χ4v) is 2.70. The first kappa shape index (κ1) is 11.9. The smallest absolute Gasteiger partial charge is 0.188 e. The number of benzene rings is 2. The maximum Gasteiger partial charge on any atom is 0.188 e. The van der Waals surface area contributed by atoms with Gasteiger partial charge in [-0.3, -0.25) is 0 Å². The zero-order chi connectivity index (χ0) is 13.2. The highest BCUT2D eigenvalue weighted by Crippen LogP contribution is 2.33. The van der Waals surface area contributed by atoms with Crippen molar-refractivity contribution in [3.8, 4) is 5.75 Å². The second-order valence-corrected chi connectivity index (χ2v) is 4.99. The lowest BCUT2D eigenvalue weighted by Crippen LogP contribution is -1.89. The normalized spacial score (nSPS) is 10.6. The third kappa shape index (κ3) is 2.37. The zero-order valence-corrected chi connectivity index (χ0v) is 11.0. The van der Waals surface area contributed by atoms with Crippen LogP contribution in [0.5, 0.6) is 5.75 Å². The third-order valence-corrected chi connectivity index (χ3v) is 3.63. The summed E-state index contributed by atoms with van der Waals surface area (Å²) in [5.74, 6) is 0.498. The van der Waals surface area contributed by atoms with E-state index >= 15 is 0 Å². The number of rotatable bonds is 3. The van der Waals surface area contributed by atoms with E-state index in [0.29, 0.717) is 0 Å². The van der Waals surface area contributed by atoms with Gasteiger partial charge < -0.3 is 10.1 Å². The Bertz CT molecular complexity index is 709. The average molecular weight is 274 g/mol. The first-order valence-electron chi connectivity index (χ1n) is 5.72. The van der Waals surface area contributed by atoms with Gasteiger partial charge in [-0.05, 0) is 36.4 Å². The Morgan fingerprint density at radius 1 is 1.16 bits per heavy atom. The molecule has 19 heavy (non-hydrogen) atoms. The highest BCUT2D eigenvalue weighted by Gasteiger charge is 2.08. The Kier molecular flexibility index (Phi) is 3.05. The van der Waals surface area contributed by atoms with Crippen molar-refractivity contribution < 1.29 is 9.13 Å². The van der Waals surface area contributed by atoms with Gasteiger partial charge in [0.05, 0.1) is 11.8 Å². The number of fused-ring (bicyclic) bond motifs is 1. The maximum absolute atomic E-state index is 12.8. The lowest BCUT2D eigenvalue weighted by Gasteiger charge is -2.01. The van der Waals surface area contributed by atoms with Gasteiger partial charge in [-0.25, -0.2) is 9.37 Å². The molecule has 3 nitrogen and oxygen atoms in total. The number of nitrogens with one attached hydrogen (secondary N) is 1. The van der Waals surface area contributed by atoms with Gasteiger partial charge in [0.15, 0.2) is 5.13 Å². The second kappa shape index (κ2) is 4.85. The van der Waals surface area contributed by atoms with E-state index in [4.69, 9.17) is 4.74 Å². The minimum atomic E-state index is -0.253. The van der Waals surface area contributed by atoms with Gasteiger partial charge in [-0.15, -0.1) is 0 Å². The number of aromatic nitrogens is 1. The molecule has 0 fully saturated rings. The Hall–Kier alpha value is -2.14. The number of hydrogen-bond acceptors (Lipinski definition) is 4. The molecule has 0 amide bonds. The molecule has 3 aromatic rings. The molecule has 0 aliphatic heterocycles. The molecule has 0 radical (unpaired) electrons. The second-order valence-electron chi connectivity index (χ2n) is 3.96. The maximum atomic E-state index is 12.8. The number of nitrogens with zero attached hydrogens (tertiary/aromatic N) is 1. The molecule has 0 bridgehead atoms. The van der Waals surface area contributed by atoms with Crippen LogP contribution in [0.25, 0.3) is 10.2 Å². The van der Waals surface area contributed by atoms with Crippen LogP contribution in [-0.4, -0.2) is 12.1 Å². The van der Waals surface area contributed by atoms with Crippen LogP contribution >= 0.6 is 11.3 Å². The number of halogens is 1. The van der Waals surface area contributed by atoms with Crippen molar-refractivity contribution in [3.63, 3.8) is 0 Å². The van der Waals surface area contributed by atoms with E-state index in [0.717, 1.165) is 26.8 Å². The van der Waals surface area contributed by atoms with Crippen LogP contribution in [-0.2, 0) is 0 Å². The molecule has 0 unspecified atom stereocenters. The highest BCUT2D eigenvalue weighted by molar-refractivity contribution is 7.22. The quantitative estimate of drug-likeness (QED) is 0.777. The van der Waals surface area contributed by atoms with Crippen LogP contribution in [0.3, 0.4) is 0 Å². The van der Waals surface area contributed by atoms with Crippen LogP contribution in [0.1, 0.15) is 0 Å². The first-order valence-corrected chi connectivity index (χ1v) is 6.54. The molecular weight excluding hydrogens is 263 g/mol. The van der Waals surface area contributed by atoms with Crippen molar-refractivity contribution in [2.45, 2.75) is 0 Å². The van der Waals surface area contributed by atoms with E-state index in [1.165, 1.54) is 23.5 Å². The van der Waals surface area contributed by atoms with Crippen molar-refractivity contribution in [3.05, 3.63) is 48.3 Å². The fourth-order valence-electron chi connectivity index (χ4n) is 1.80. The number of methoxy groups -OCH3 is 1. The molecule has 0 atom stereocenters. The Balaban J connectivity index is 1.95. The molecule has 0 aliphatic rings. The number of thiazole rings is 1. The summed E-state index contributed by atoms with van der Waals surface area (Å²) in [6.07, 6.45) is 0. The lowest BCUT2D eigenvalue weighted by molar-refractivity contribution is 0.419. The van der Waals surface area contributed by atoms with Crippen LogP contribution < -0.4 is 10.1 Å². The van der Waals surface area contributed by atoms with E-state index in [2.05, 4.69) is 10.3 Å². The summed E-state index contributed by atoms with van der Waals surface area (Å²) in [6.45, 7) is 0. The van der Waals surface area contributed by atoms with Gasteiger partial charge in [-0.2, -0.15) is 0 Å². The van der Waals surface area contributed by atoms with E-state index in [1.54, 1.807) is 19.2 Å². The monoisotopic (exact) mass is 274 g/mol. The molecule has 1 aromatic heterocycles. The molecule has 96 valence electrons. The van der Waals surface area contributed by atoms with Gasteiger partial charge in [0.2, 0.25) is 0 Å². The van der Waals surface area contributed by atoms with Crippen LogP contribution in [0.2, 0.25) is 0 Å².